The van der Waals surface area contributed by atoms with Gasteiger partial charge in [-0.15, -0.1) is 23.7 Å². The number of hydrogen-bond acceptors (Lipinski definition) is 4. The van der Waals surface area contributed by atoms with Crippen LogP contribution in [0.1, 0.15) is 23.2 Å². The van der Waals surface area contributed by atoms with Crippen LogP contribution in [0, 0.1) is 8.30 Å². The Labute approximate surface area is 143 Å². The molecule has 4 nitrogen and oxygen atoms in total. The second-order valence-electron chi connectivity index (χ2n) is 5.01. The van der Waals surface area contributed by atoms with Gasteiger partial charge in [0.15, 0.2) is 0 Å². The van der Waals surface area contributed by atoms with Gasteiger partial charge in [0.1, 0.15) is 0 Å². The van der Waals surface area contributed by atoms with Gasteiger partial charge < -0.3 is 15.4 Å². The summed E-state index contributed by atoms with van der Waals surface area (Å²) in [6, 6.07) is 1.92. The van der Waals surface area contributed by atoms with E-state index in [1.54, 1.807) is 18.4 Å². The second kappa shape index (κ2) is 8.53. The Hall–Kier alpha value is 0.110. The van der Waals surface area contributed by atoms with E-state index < -0.39 is 0 Å². The van der Waals surface area contributed by atoms with Crippen molar-refractivity contribution in [1.29, 1.82) is 0 Å². The van der Waals surface area contributed by atoms with Crippen LogP contribution in [0.25, 0.3) is 0 Å². The molecule has 1 aliphatic rings. The molecule has 1 amide bonds. The Morgan fingerprint density at radius 3 is 2.80 bits per heavy atom. The Bertz CT molecular complexity index is 430. The molecule has 2 N–H and O–H groups in total. The molecule has 114 valence electrons. The SMILES string of the molecule is COCC1(CNC(=O)c2csc(I)c2)CCNCC1.Cl. The zero-order valence-corrected chi connectivity index (χ0v) is 15.2. The minimum atomic E-state index is 0. The summed E-state index contributed by atoms with van der Waals surface area (Å²) in [5, 5.41) is 8.32. The van der Waals surface area contributed by atoms with E-state index in [1.807, 2.05) is 11.4 Å². The molecule has 0 atom stereocenters. The highest BCUT2D eigenvalue weighted by Crippen LogP contribution is 2.28. The van der Waals surface area contributed by atoms with Crippen LogP contribution in [-0.4, -0.2) is 39.3 Å². The van der Waals surface area contributed by atoms with E-state index in [0.29, 0.717) is 13.2 Å². The maximum atomic E-state index is 12.1. The number of nitrogens with one attached hydrogen (secondary N) is 2. The van der Waals surface area contributed by atoms with Crippen LogP contribution in [-0.2, 0) is 4.74 Å². The lowest BCUT2D eigenvalue weighted by molar-refractivity contribution is 0.0512. The fourth-order valence-electron chi connectivity index (χ4n) is 2.43. The van der Waals surface area contributed by atoms with Crippen molar-refractivity contribution >= 4 is 52.2 Å². The molecule has 1 fully saturated rings. The van der Waals surface area contributed by atoms with Gasteiger partial charge in [-0.2, -0.15) is 0 Å². The van der Waals surface area contributed by atoms with E-state index in [0.717, 1.165) is 34.4 Å². The highest BCUT2D eigenvalue weighted by molar-refractivity contribution is 14.1. The first-order valence-corrected chi connectivity index (χ1v) is 8.33. The summed E-state index contributed by atoms with van der Waals surface area (Å²) in [6.45, 7) is 3.38. The summed E-state index contributed by atoms with van der Waals surface area (Å²) in [7, 11) is 1.73. The molecule has 0 aromatic carbocycles. The smallest absolute Gasteiger partial charge is 0.252 e. The number of piperidine rings is 1. The summed E-state index contributed by atoms with van der Waals surface area (Å²) >= 11 is 3.83. The molecule has 0 spiro atoms. The maximum Gasteiger partial charge on any atom is 0.252 e. The Kier molecular flexibility index (Phi) is 7.74. The van der Waals surface area contributed by atoms with Crippen molar-refractivity contribution < 1.29 is 9.53 Å². The first kappa shape index (κ1) is 18.2. The molecule has 2 rings (SSSR count). The third kappa shape index (κ3) is 4.84. The van der Waals surface area contributed by atoms with E-state index in [9.17, 15) is 4.79 Å². The van der Waals surface area contributed by atoms with Gasteiger partial charge >= 0.3 is 0 Å². The molecule has 20 heavy (non-hydrogen) atoms. The molecule has 7 heteroatoms. The number of methoxy groups -OCH3 is 1. The first-order valence-electron chi connectivity index (χ1n) is 6.37. The van der Waals surface area contributed by atoms with Crippen LogP contribution in [0.5, 0.6) is 0 Å². The van der Waals surface area contributed by atoms with E-state index in [4.69, 9.17) is 4.74 Å². The maximum absolute atomic E-state index is 12.1. The van der Waals surface area contributed by atoms with Gasteiger partial charge in [-0.25, -0.2) is 0 Å². The highest BCUT2D eigenvalue weighted by atomic mass is 127. The van der Waals surface area contributed by atoms with E-state index in [-0.39, 0.29) is 23.7 Å². The molecule has 1 aromatic heterocycles. The van der Waals surface area contributed by atoms with Gasteiger partial charge in [-0.1, -0.05) is 0 Å². The van der Waals surface area contributed by atoms with Crippen molar-refractivity contribution in [2.75, 3.05) is 33.4 Å². The lowest BCUT2D eigenvalue weighted by atomic mass is 9.79. The molecule has 1 saturated heterocycles. The first-order chi connectivity index (χ1) is 9.15. The number of rotatable bonds is 5. The Morgan fingerprint density at radius 2 is 2.25 bits per heavy atom. The number of thiophene rings is 1. The van der Waals surface area contributed by atoms with Gasteiger partial charge in [-0.05, 0) is 54.6 Å². The van der Waals surface area contributed by atoms with Crippen LogP contribution in [0.15, 0.2) is 11.4 Å². The molecular weight excluding hydrogens is 411 g/mol. The van der Waals surface area contributed by atoms with Crippen LogP contribution in [0.4, 0.5) is 0 Å². The van der Waals surface area contributed by atoms with Crippen molar-refractivity contribution in [3.05, 3.63) is 19.9 Å². The lowest BCUT2D eigenvalue weighted by Crippen LogP contribution is -2.47. The largest absolute Gasteiger partial charge is 0.384 e. The van der Waals surface area contributed by atoms with Crippen molar-refractivity contribution in [2.45, 2.75) is 12.8 Å². The predicted molar refractivity (Wildman–Crippen MR) is 93.0 cm³/mol. The highest BCUT2D eigenvalue weighted by Gasteiger charge is 2.32. The molecule has 0 radical (unpaired) electrons. The lowest BCUT2D eigenvalue weighted by Gasteiger charge is -2.37. The molecule has 2 heterocycles. The molecule has 0 aliphatic carbocycles. The third-order valence-electron chi connectivity index (χ3n) is 3.57. The molecular formula is C13H20ClIN2O2S. The summed E-state index contributed by atoms with van der Waals surface area (Å²) in [5.41, 5.74) is 0.842. The molecule has 0 bridgehead atoms. The summed E-state index contributed by atoms with van der Waals surface area (Å²) < 4.78 is 6.48. The number of carbonyl (C=O) groups is 1. The summed E-state index contributed by atoms with van der Waals surface area (Å²) in [4.78, 5) is 12.1. The number of amides is 1. The minimum Gasteiger partial charge on any atom is -0.384 e. The fraction of sp³-hybridized carbons (Fsp3) is 0.615. The fourth-order valence-corrected chi connectivity index (χ4v) is 3.76. The quantitative estimate of drug-likeness (QED) is 0.706. The molecule has 0 unspecified atom stereocenters. The monoisotopic (exact) mass is 430 g/mol. The van der Waals surface area contributed by atoms with Gasteiger partial charge in [0.2, 0.25) is 0 Å². The van der Waals surface area contributed by atoms with E-state index in [2.05, 4.69) is 33.2 Å². The van der Waals surface area contributed by atoms with Gasteiger partial charge in [0, 0.05) is 24.4 Å². The van der Waals surface area contributed by atoms with Crippen molar-refractivity contribution in [1.82, 2.24) is 10.6 Å². The van der Waals surface area contributed by atoms with Gasteiger partial charge in [0.05, 0.1) is 15.1 Å². The summed E-state index contributed by atoms with van der Waals surface area (Å²) in [5.74, 6) is 0.0215. The number of halogens is 2. The van der Waals surface area contributed by atoms with Gasteiger partial charge in [-0.3, -0.25) is 4.79 Å². The third-order valence-corrected chi connectivity index (χ3v) is 5.36. The predicted octanol–water partition coefficient (Wildman–Crippen LogP) is 2.52. The number of carbonyl (C=O) groups excluding carboxylic acids is 1. The molecule has 0 saturated carbocycles. The van der Waals surface area contributed by atoms with Crippen LogP contribution < -0.4 is 10.6 Å². The van der Waals surface area contributed by atoms with Crippen LogP contribution in [0.2, 0.25) is 0 Å². The van der Waals surface area contributed by atoms with Gasteiger partial charge in [0.25, 0.3) is 5.91 Å². The molecule has 1 aromatic rings. The zero-order valence-electron chi connectivity index (χ0n) is 11.4. The Morgan fingerprint density at radius 1 is 1.55 bits per heavy atom. The van der Waals surface area contributed by atoms with E-state index in [1.165, 1.54) is 0 Å². The van der Waals surface area contributed by atoms with Crippen LogP contribution in [0.3, 0.4) is 0 Å². The van der Waals surface area contributed by atoms with Crippen LogP contribution >= 0.6 is 46.3 Å². The average Bonchev–Trinajstić information content (AvgIpc) is 2.84. The number of ether oxygens (including phenoxy) is 1. The van der Waals surface area contributed by atoms with Crippen molar-refractivity contribution in [3.8, 4) is 0 Å². The standard InChI is InChI=1S/C13H19IN2O2S.ClH/c1-18-9-13(2-4-15-5-3-13)8-16-12(17)10-6-11(14)19-7-10;/h6-7,15H,2-5,8-9H2,1H3,(H,16,17);1H. The van der Waals surface area contributed by atoms with Crippen molar-refractivity contribution in [3.63, 3.8) is 0 Å². The average molecular weight is 431 g/mol. The van der Waals surface area contributed by atoms with Crippen molar-refractivity contribution in [2.24, 2.45) is 5.41 Å². The molecule has 1 aliphatic heterocycles. The number of hydrogen-bond donors (Lipinski definition) is 2. The minimum absolute atomic E-state index is 0. The summed E-state index contributed by atoms with van der Waals surface area (Å²) in [6.07, 6.45) is 2.09. The normalized spacial score (nSPS) is 17.3. The van der Waals surface area contributed by atoms with E-state index >= 15 is 0 Å². The zero-order chi connectivity index (χ0) is 13.7. The second-order valence-corrected chi connectivity index (χ2v) is 7.81. The Balaban J connectivity index is 0.00000200. The topological polar surface area (TPSA) is 50.4 Å².